The number of carbonyl (C=O) groups is 2. The van der Waals surface area contributed by atoms with Crippen LogP contribution in [0.3, 0.4) is 0 Å². The van der Waals surface area contributed by atoms with E-state index in [1.165, 1.54) is 19.3 Å². The van der Waals surface area contributed by atoms with E-state index >= 15 is 0 Å². The molecule has 4 saturated carbocycles. The number of Topliss-reactive ketones (excluding diaryl/α,β-unsaturated/α-hetero) is 2. The largest absolute Gasteiger partial charge is 0.379 e. The molecule has 0 radical (unpaired) electrons. The summed E-state index contributed by atoms with van der Waals surface area (Å²) in [6.07, 6.45) is 8.41. The van der Waals surface area contributed by atoms with Crippen LogP contribution < -0.4 is 0 Å². The molecule has 5 aliphatic rings. The second kappa shape index (κ2) is 6.38. The van der Waals surface area contributed by atoms with Crippen molar-refractivity contribution >= 4 is 11.6 Å². The zero-order valence-corrected chi connectivity index (χ0v) is 17.0. The van der Waals surface area contributed by atoms with Crippen molar-refractivity contribution < 1.29 is 14.3 Å². The molecule has 1 heterocycles. The first-order chi connectivity index (χ1) is 12.9. The number of hydrogen-bond donors (Lipinski definition) is 0. The van der Waals surface area contributed by atoms with Crippen LogP contribution in [0.5, 0.6) is 0 Å². The number of ether oxygens (including phenoxy) is 1. The number of rotatable bonds is 1. The lowest BCUT2D eigenvalue weighted by Crippen LogP contribution is -2.62. The van der Waals surface area contributed by atoms with Gasteiger partial charge in [0.15, 0.2) is 0 Å². The van der Waals surface area contributed by atoms with Gasteiger partial charge in [0.2, 0.25) is 0 Å². The summed E-state index contributed by atoms with van der Waals surface area (Å²) < 4.78 is 5.56. The average Bonchev–Trinajstić information content (AvgIpc) is 2.98. The Morgan fingerprint density at radius 3 is 2.44 bits per heavy atom. The number of hydrogen-bond acceptors (Lipinski definition) is 4. The lowest BCUT2D eigenvalue weighted by atomic mass is 9.44. The predicted octanol–water partition coefficient (Wildman–Crippen LogP) is 3.48. The maximum atomic E-state index is 13.0. The molecule has 4 heteroatoms. The summed E-state index contributed by atoms with van der Waals surface area (Å²) in [6.45, 7) is 8.12. The van der Waals surface area contributed by atoms with Gasteiger partial charge in [0.25, 0.3) is 0 Å². The maximum Gasteiger partial charge on any atom is 0.150 e. The zero-order valence-electron chi connectivity index (χ0n) is 17.0. The molecule has 0 spiro atoms. The Morgan fingerprint density at radius 2 is 1.67 bits per heavy atom. The summed E-state index contributed by atoms with van der Waals surface area (Å²) in [4.78, 5) is 28.1. The SMILES string of the molecule is C[C@]12CCC(=O)[C@@H](N3CCOCC3)[C@@H]1CC[C@@H]1[C@@H]2CC[C@]2(C)C(=O)CC[C@@H]12. The van der Waals surface area contributed by atoms with Gasteiger partial charge in [-0.2, -0.15) is 0 Å². The first-order valence-electron chi connectivity index (χ1n) is 11.3. The van der Waals surface area contributed by atoms with Gasteiger partial charge in [-0.25, -0.2) is 0 Å². The molecule has 7 atom stereocenters. The van der Waals surface area contributed by atoms with Gasteiger partial charge in [0.1, 0.15) is 11.6 Å². The van der Waals surface area contributed by atoms with Gasteiger partial charge >= 0.3 is 0 Å². The molecule has 0 aromatic heterocycles. The van der Waals surface area contributed by atoms with Crippen LogP contribution in [0.1, 0.15) is 65.2 Å². The van der Waals surface area contributed by atoms with E-state index in [1.54, 1.807) is 0 Å². The van der Waals surface area contributed by atoms with E-state index < -0.39 is 0 Å². The third-order valence-corrected chi connectivity index (χ3v) is 9.71. The lowest BCUT2D eigenvalue weighted by molar-refractivity contribution is -0.159. The molecule has 0 N–H and O–H groups in total. The molecule has 0 aromatic rings. The van der Waals surface area contributed by atoms with Crippen LogP contribution in [-0.4, -0.2) is 48.8 Å². The minimum atomic E-state index is -0.0432. The highest BCUT2D eigenvalue weighted by Gasteiger charge is 2.62. The third-order valence-electron chi connectivity index (χ3n) is 9.71. The summed E-state index contributed by atoms with van der Waals surface area (Å²) >= 11 is 0. The Balaban J connectivity index is 1.44. The Morgan fingerprint density at radius 1 is 0.889 bits per heavy atom. The fourth-order valence-corrected chi connectivity index (χ4v) is 8.22. The normalized spacial score (nSPS) is 50.8. The fraction of sp³-hybridized carbons (Fsp3) is 0.913. The smallest absolute Gasteiger partial charge is 0.150 e. The average molecular weight is 374 g/mol. The molecule has 5 rings (SSSR count). The van der Waals surface area contributed by atoms with Crippen molar-refractivity contribution in [1.82, 2.24) is 4.90 Å². The molecule has 0 bridgehead atoms. The van der Waals surface area contributed by atoms with Crippen LogP contribution in [0.2, 0.25) is 0 Å². The molecular formula is C23H35NO3. The Bertz CT molecular complexity index is 642. The number of fused-ring (bicyclic) bond motifs is 5. The Labute approximate surface area is 163 Å². The van der Waals surface area contributed by atoms with Gasteiger partial charge in [-0.05, 0) is 67.6 Å². The summed E-state index contributed by atoms with van der Waals surface area (Å²) in [5.41, 5.74) is 0.227. The highest BCUT2D eigenvalue weighted by molar-refractivity contribution is 5.87. The highest BCUT2D eigenvalue weighted by Crippen LogP contribution is 2.65. The predicted molar refractivity (Wildman–Crippen MR) is 103 cm³/mol. The summed E-state index contributed by atoms with van der Waals surface area (Å²) in [5, 5.41) is 0. The van der Waals surface area contributed by atoms with Gasteiger partial charge in [0.05, 0.1) is 19.3 Å². The molecule has 0 amide bonds. The van der Waals surface area contributed by atoms with Crippen LogP contribution in [-0.2, 0) is 14.3 Å². The molecule has 0 aromatic carbocycles. The highest BCUT2D eigenvalue weighted by atomic mass is 16.5. The van der Waals surface area contributed by atoms with Crippen molar-refractivity contribution in [3.8, 4) is 0 Å². The van der Waals surface area contributed by atoms with E-state index in [9.17, 15) is 9.59 Å². The lowest BCUT2D eigenvalue weighted by Gasteiger charge is -2.61. The molecule has 4 aliphatic carbocycles. The monoisotopic (exact) mass is 373 g/mol. The van der Waals surface area contributed by atoms with Crippen molar-refractivity contribution in [2.45, 2.75) is 71.3 Å². The molecular weight excluding hydrogens is 338 g/mol. The second-order valence-corrected chi connectivity index (χ2v) is 10.5. The molecule has 5 fully saturated rings. The standard InChI is InChI=1S/C23H35NO3/c1-22-10-8-19(25)21(24-11-13-27-14-12-24)18(22)4-3-15-16-5-6-20(26)23(16,2)9-7-17(15)22/h15-18,21H,3-14H2,1-2H3/t15-,16-,17-,18-,21-,22+,23-/m0/s1. The second-order valence-electron chi connectivity index (χ2n) is 10.5. The van der Waals surface area contributed by atoms with Crippen molar-refractivity contribution in [3.63, 3.8) is 0 Å². The quantitative estimate of drug-likeness (QED) is 0.706. The molecule has 1 saturated heterocycles. The number of nitrogens with zero attached hydrogens (tertiary/aromatic N) is 1. The molecule has 27 heavy (non-hydrogen) atoms. The van der Waals surface area contributed by atoms with E-state index in [2.05, 4.69) is 18.7 Å². The number of morpholine rings is 1. The van der Waals surface area contributed by atoms with E-state index in [0.29, 0.717) is 35.2 Å². The van der Waals surface area contributed by atoms with Crippen molar-refractivity contribution in [2.75, 3.05) is 26.3 Å². The van der Waals surface area contributed by atoms with Gasteiger partial charge in [-0.15, -0.1) is 0 Å². The zero-order chi connectivity index (χ0) is 18.8. The van der Waals surface area contributed by atoms with E-state index in [1.807, 2.05) is 0 Å². The number of ketones is 2. The number of carbonyl (C=O) groups excluding carboxylic acids is 2. The maximum absolute atomic E-state index is 13.0. The van der Waals surface area contributed by atoms with Crippen molar-refractivity contribution in [3.05, 3.63) is 0 Å². The van der Waals surface area contributed by atoms with Crippen molar-refractivity contribution in [1.29, 1.82) is 0 Å². The van der Waals surface area contributed by atoms with Gasteiger partial charge in [-0.1, -0.05) is 13.8 Å². The van der Waals surface area contributed by atoms with E-state index in [-0.39, 0.29) is 16.9 Å². The van der Waals surface area contributed by atoms with Crippen LogP contribution in [0.4, 0.5) is 0 Å². The topological polar surface area (TPSA) is 46.6 Å². The van der Waals surface area contributed by atoms with Crippen LogP contribution >= 0.6 is 0 Å². The van der Waals surface area contributed by atoms with Crippen molar-refractivity contribution in [2.24, 2.45) is 34.5 Å². The summed E-state index contributed by atoms with van der Waals surface area (Å²) in [6, 6.07) is 0.118. The van der Waals surface area contributed by atoms with E-state index in [4.69, 9.17) is 4.74 Å². The minimum absolute atomic E-state index is 0.0432. The Kier molecular flexibility index (Phi) is 4.33. The Hall–Kier alpha value is -0.740. The van der Waals surface area contributed by atoms with Crippen LogP contribution in [0.15, 0.2) is 0 Å². The summed E-state index contributed by atoms with van der Waals surface area (Å²) in [5.74, 6) is 3.52. The molecule has 150 valence electrons. The van der Waals surface area contributed by atoms with Gasteiger partial charge < -0.3 is 4.74 Å². The fourth-order valence-electron chi connectivity index (χ4n) is 8.22. The molecule has 1 aliphatic heterocycles. The van der Waals surface area contributed by atoms with Crippen LogP contribution in [0, 0.1) is 34.5 Å². The van der Waals surface area contributed by atoms with Gasteiger partial charge in [0, 0.05) is 31.3 Å². The third kappa shape index (κ3) is 2.55. The molecule has 4 nitrogen and oxygen atoms in total. The summed E-state index contributed by atoms with van der Waals surface area (Å²) in [7, 11) is 0. The first-order valence-corrected chi connectivity index (χ1v) is 11.3. The van der Waals surface area contributed by atoms with Crippen LogP contribution in [0.25, 0.3) is 0 Å². The first kappa shape index (κ1) is 18.3. The minimum Gasteiger partial charge on any atom is -0.379 e. The molecule has 0 unspecified atom stereocenters. The van der Waals surface area contributed by atoms with Gasteiger partial charge in [-0.3, -0.25) is 14.5 Å². The van der Waals surface area contributed by atoms with E-state index in [0.717, 1.165) is 58.4 Å².